The van der Waals surface area contributed by atoms with Crippen LogP contribution in [0.3, 0.4) is 0 Å². The summed E-state index contributed by atoms with van der Waals surface area (Å²) in [6, 6.07) is 7.07. The molecule has 134 valence electrons. The minimum Gasteiger partial charge on any atom is -0.497 e. The lowest BCUT2D eigenvalue weighted by molar-refractivity contribution is -0.128. The molecule has 2 rings (SSSR count). The molecule has 0 aliphatic carbocycles. The first-order valence-electron chi connectivity index (χ1n) is 7.99. The topological polar surface area (TPSA) is 79.5 Å². The quantitative estimate of drug-likeness (QED) is 0.712. The van der Waals surface area contributed by atoms with Crippen LogP contribution in [0, 0.1) is 0 Å². The van der Waals surface area contributed by atoms with Crippen LogP contribution in [0.15, 0.2) is 24.3 Å². The first-order chi connectivity index (χ1) is 11.1. The van der Waals surface area contributed by atoms with Crippen LogP contribution in [0.4, 0.5) is 0 Å². The van der Waals surface area contributed by atoms with Gasteiger partial charge in [-0.25, -0.2) is 0 Å². The van der Waals surface area contributed by atoms with Crippen LogP contribution < -0.4 is 20.7 Å². The highest BCUT2D eigenvalue weighted by molar-refractivity contribution is 5.87. The summed E-state index contributed by atoms with van der Waals surface area (Å²) in [5.74, 6) is 0.382. The standard InChI is InChI=1S/C17H25N3O3.ClH/c1-12(21)19-16(10-13-5-3-7-15(9-13)23-2)17(22)20-14-6-4-8-18-11-14;/h3,5,7,9,14,16,18H,4,6,8,10-11H2,1-2H3,(H,19,21)(H,20,22);1H/t14-,16?;/m0./s1. The molecule has 1 aliphatic heterocycles. The van der Waals surface area contributed by atoms with Crippen molar-refractivity contribution in [3.05, 3.63) is 29.8 Å². The summed E-state index contributed by atoms with van der Waals surface area (Å²) in [5, 5.41) is 9.03. The van der Waals surface area contributed by atoms with Crippen LogP contribution >= 0.6 is 12.4 Å². The molecule has 2 amide bonds. The lowest BCUT2D eigenvalue weighted by atomic mass is 10.0. The van der Waals surface area contributed by atoms with Gasteiger partial charge in [-0.2, -0.15) is 0 Å². The zero-order valence-electron chi connectivity index (χ0n) is 14.1. The van der Waals surface area contributed by atoms with Gasteiger partial charge in [-0.3, -0.25) is 9.59 Å². The number of methoxy groups -OCH3 is 1. The average Bonchev–Trinajstić information content (AvgIpc) is 2.55. The highest BCUT2D eigenvalue weighted by Crippen LogP contribution is 2.14. The normalized spacial score (nSPS) is 18.0. The predicted molar refractivity (Wildman–Crippen MR) is 95.6 cm³/mol. The van der Waals surface area contributed by atoms with Gasteiger partial charge in [0.2, 0.25) is 11.8 Å². The maximum atomic E-state index is 12.5. The van der Waals surface area contributed by atoms with Gasteiger partial charge in [0, 0.05) is 25.9 Å². The molecule has 6 nitrogen and oxygen atoms in total. The maximum absolute atomic E-state index is 12.5. The Balaban J connectivity index is 0.00000288. The van der Waals surface area contributed by atoms with Crippen LogP contribution in [0.5, 0.6) is 5.75 Å². The maximum Gasteiger partial charge on any atom is 0.243 e. The largest absolute Gasteiger partial charge is 0.497 e. The molecule has 0 spiro atoms. The van der Waals surface area contributed by atoms with Gasteiger partial charge in [0.15, 0.2) is 0 Å². The minimum atomic E-state index is -0.582. The Kier molecular flexibility index (Phi) is 8.57. The van der Waals surface area contributed by atoms with E-state index < -0.39 is 6.04 Å². The Morgan fingerprint density at radius 3 is 2.83 bits per heavy atom. The Morgan fingerprint density at radius 2 is 2.21 bits per heavy atom. The number of carbonyl (C=O) groups excluding carboxylic acids is 2. The molecule has 0 bridgehead atoms. The van der Waals surface area contributed by atoms with Crippen LogP contribution in [0.2, 0.25) is 0 Å². The van der Waals surface area contributed by atoms with E-state index in [1.165, 1.54) is 6.92 Å². The molecule has 1 fully saturated rings. The first kappa shape index (κ1) is 20.3. The van der Waals surface area contributed by atoms with Crippen molar-refractivity contribution in [2.75, 3.05) is 20.2 Å². The number of piperidine rings is 1. The molecule has 24 heavy (non-hydrogen) atoms. The van der Waals surface area contributed by atoms with E-state index in [0.29, 0.717) is 6.42 Å². The van der Waals surface area contributed by atoms with Crippen molar-refractivity contribution in [2.24, 2.45) is 0 Å². The minimum absolute atomic E-state index is 0. The molecule has 1 unspecified atom stereocenters. The van der Waals surface area contributed by atoms with Crippen molar-refractivity contribution in [1.29, 1.82) is 0 Å². The predicted octanol–water partition coefficient (Wildman–Crippen LogP) is 1.03. The summed E-state index contributed by atoms with van der Waals surface area (Å²) in [4.78, 5) is 24.0. The monoisotopic (exact) mass is 355 g/mol. The van der Waals surface area contributed by atoms with Crippen molar-refractivity contribution in [1.82, 2.24) is 16.0 Å². The highest BCUT2D eigenvalue weighted by Gasteiger charge is 2.23. The number of hydrogen-bond acceptors (Lipinski definition) is 4. The second-order valence-electron chi connectivity index (χ2n) is 5.86. The Morgan fingerprint density at radius 1 is 1.42 bits per heavy atom. The lowest BCUT2D eigenvalue weighted by Gasteiger charge is -2.26. The third-order valence-electron chi connectivity index (χ3n) is 3.91. The van der Waals surface area contributed by atoms with Crippen LogP contribution in [-0.2, 0) is 16.0 Å². The Bertz CT molecular complexity index is 548. The van der Waals surface area contributed by atoms with Gasteiger partial charge < -0.3 is 20.7 Å². The van der Waals surface area contributed by atoms with Gasteiger partial charge in [0.05, 0.1) is 7.11 Å². The van der Waals surface area contributed by atoms with Gasteiger partial charge >= 0.3 is 0 Å². The van der Waals surface area contributed by atoms with Gasteiger partial charge in [0.1, 0.15) is 11.8 Å². The van der Waals surface area contributed by atoms with E-state index in [9.17, 15) is 9.59 Å². The third kappa shape index (κ3) is 6.37. The zero-order valence-corrected chi connectivity index (χ0v) is 14.9. The molecule has 7 heteroatoms. The second-order valence-corrected chi connectivity index (χ2v) is 5.86. The van der Waals surface area contributed by atoms with E-state index in [0.717, 1.165) is 37.2 Å². The SMILES string of the molecule is COc1cccc(CC(NC(C)=O)C(=O)N[C@H]2CCCNC2)c1.Cl. The fourth-order valence-electron chi connectivity index (χ4n) is 2.77. The highest BCUT2D eigenvalue weighted by atomic mass is 35.5. The summed E-state index contributed by atoms with van der Waals surface area (Å²) in [7, 11) is 1.60. The molecule has 1 saturated heterocycles. The fourth-order valence-corrected chi connectivity index (χ4v) is 2.77. The number of halogens is 1. The smallest absolute Gasteiger partial charge is 0.243 e. The van der Waals surface area contributed by atoms with Crippen molar-refractivity contribution in [2.45, 2.75) is 38.3 Å². The summed E-state index contributed by atoms with van der Waals surface area (Å²) in [5.41, 5.74) is 0.944. The second kappa shape index (κ2) is 10.2. The summed E-state index contributed by atoms with van der Waals surface area (Å²) < 4.78 is 5.20. The number of rotatable bonds is 6. The van der Waals surface area contributed by atoms with E-state index in [1.807, 2.05) is 24.3 Å². The van der Waals surface area contributed by atoms with Crippen molar-refractivity contribution in [3.63, 3.8) is 0 Å². The lowest BCUT2D eigenvalue weighted by Crippen LogP contribution is -2.53. The van der Waals surface area contributed by atoms with E-state index >= 15 is 0 Å². The van der Waals surface area contributed by atoms with E-state index in [4.69, 9.17) is 4.74 Å². The molecular weight excluding hydrogens is 330 g/mol. The number of nitrogens with one attached hydrogen (secondary N) is 3. The molecular formula is C17H26ClN3O3. The molecule has 1 heterocycles. The average molecular weight is 356 g/mol. The molecule has 3 N–H and O–H groups in total. The van der Waals surface area contributed by atoms with Gasteiger partial charge in [-0.1, -0.05) is 12.1 Å². The number of carbonyl (C=O) groups is 2. The molecule has 1 aliphatic rings. The van der Waals surface area contributed by atoms with Crippen molar-refractivity contribution >= 4 is 24.2 Å². The van der Waals surface area contributed by atoms with Gasteiger partial charge in [-0.15, -0.1) is 12.4 Å². The summed E-state index contributed by atoms with van der Waals surface area (Å²) in [6.45, 7) is 3.19. The molecule has 0 aromatic heterocycles. The number of hydrogen-bond donors (Lipinski definition) is 3. The molecule has 0 saturated carbocycles. The fraction of sp³-hybridized carbons (Fsp3) is 0.529. The van der Waals surface area contributed by atoms with Crippen LogP contribution in [0.25, 0.3) is 0 Å². The Labute approximate surface area is 149 Å². The van der Waals surface area contributed by atoms with Crippen LogP contribution in [0.1, 0.15) is 25.3 Å². The third-order valence-corrected chi connectivity index (χ3v) is 3.91. The van der Waals surface area contributed by atoms with Gasteiger partial charge in [0.25, 0.3) is 0 Å². The van der Waals surface area contributed by atoms with E-state index in [1.54, 1.807) is 7.11 Å². The molecule has 1 aromatic rings. The molecule has 1 aromatic carbocycles. The first-order valence-corrected chi connectivity index (χ1v) is 7.99. The Hall–Kier alpha value is -1.79. The summed E-state index contributed by atoms with van der Waals surface area (Å²) in [6.07, 6.45) is 2.44. The molecule has 0 radical (unpaired) electrons. The van der Waals surface area contributed by atoms with E-state index in [-0.39, 0.29) is 30.3 Å². The van der Waals surface area contributed by atoms with Gasteiger partial charge in [-0.05, 0) is 37.1 Å². The van der Waals surface area contributed by atoms with Crippen molar-refractivity contribution in [3.8, 4) is 5.75 Å². The summed E-state index contributed by atoms with van der Waals surface area (Å²) >= 11 is 0. The van der Waals surface area contributed by atoms with Crippen LogP contribution in [-0.4, -0.2) is 44.1 Å². The number of benzene rings is 1. The molecule has 2 atom stereocenters. The zero-order chi connectivity index (χ0) is 16.7. The van der Waals surface area contributed by atoms with Crippen molar-refractivity contribution < 1.29 is 14.3 Å². The van der Waals surface area contributed by atoms with E-state index in [2.05, 4.69) is 16.0 Å². The number of ether oxygens (including phenoxy) is 1. The number of amides is 2.